The summed E-state index contributed by atoms with van der Waals surface area (Å²) in [5, 5.41) is 3.01. The lowest BCUT2D eigenvalue weighted by Crippen LogP contribution is -2.40. The van der Waals surface area contributed by atoms with E-state index >= 15 is 0 Å². The van der Waals surface area contributed by atoms with E-state index in [1.807, 2.05) is 24.3 Å². The average molecular weight is 291 g/mol. The molecule has 0 aromatic heterocycles. The minimum Gasteiger partial charge on any atom is -0.375 e. The largest absolute Gasteiger partial charge is 0.375 e. The number of amides is 1. The molecule has 0 aliphatic rings. The molecule has 0 heterocycles. The topological polar surface area (TPSA) is 58.4 Å². The molecule has 0 aliphatic carbocycles. The van der Waals surface area contributed by atoms with Crippen LogP contribution in [0.25, 0.3) is 0 Å². The SMILES string of the molecule is CCCCC(CN)NC(=O)c1ccc(N(C)CCC)cc1. The van der Waals surface area contributed by atoms with Crippen LogP contribution in [0.5, 0.6) is 0 Å². The van der Waals surface area contributed by atoms with E-state index in [0.717, 1.165) is 37.9 Å². The van der Waals surface area contributed by atoms with Crippen molar-refractivity contribution in [2.75, 3.05) is 25.0 Å². The molecular weight excluding hydrogens is 262 g/mol. The number of hydrogen-bond acceptors (Lipinski definition) is 3. The molecular formula is C17H29N3O. The highest BCUT2D eigenvalue weighted by atomic mass is 16.1. The molecule has 1 atom stereocenters. The first-order valence-corrected chi connectivity index (χ1v) is 7.94. The number of unbranched alkanes of at least 4 members (excludes halogenated alkanes) is 1. The minimum atomic E-state index is -0.0359. The Kier molecular flexibility index (Phi) is 7.83. The quantitative estimate of drug-likeness (QED) is 0.735. The summed E-state index contributed by atoms with van der Waals surface area (Å²) in [5.41, 5.74) is 7.54. The Balaban J connectivity index is 2.61. The van der Waals surface area contributed by atoms with Gasteiger partial charge in [-0.15, -0.1) is 0 Å². The van der Waals surface area contributed by atoms with Gasteiger partial charge in [0.1, 0.15) is 0 Å². The highest BCUT2D eigenvalue weighted by molar-refractivity contribution is 5.94. The van der Waals surface area contributed by atoms with Gasteiger partial charge in [-0.1, -0.05) is 26.7 Å². The van der Waals surface area contributed by atoms with Crippen molar-refractivity contribution in [2.24, 2.45) is 5.73 Å². The summed E-state index contributed by atoms with van der Waals surface area (Å²) < 4.78 is 0. The van der Waals surface area contributed by atoms with Crippen molar-refractivity contribution in [3.05, 3.63) is 29.8 Å². The number of rotatable bonds is 9. The van der Waals surface area contributed by atoms with Crippen molar-refractivity contribution in [3.8, 4) is 0 Å². The number of carbonyl (C=O) groups is 1. The van der Waals surface area contributed by atoms with Crippen molar-refractivity contribution in [2.45, 2.75) is 45.6 Å². The molecule has 0 saturated heterocycles. The zero-order chi connectivity index (χ0) is 15.7. The van der Waals surface area contributed by atoms with E-state index in [9.17, 15) is 4.79 Å². The first kappa shape index (κ1) is 17.5. The van der Waals surface area contributed by atoms with Crippen LogP contribution in [0.3, 0.4) is 0 Å². The number of benzene rings is 1. The van der Waals surface area contributed by atoms with Gasteiger partial charge in [0.05, 0.1) is 0 Å². The Morgan fingerprint density at radius 3 is 2.43 bits per heavy atom. The fourth-order valence-electron chi connectivity index (χ4n) is 2.30. The van der Waals surface area contributed by atoms with E-state index in [0.29, 0.717) is 12.1 Å². The molecule has 21 heavy (non-hydrogen) atoms. The van der Waals surface area contributed by atoms with E-state index in [1.54, 1.807) is 0 Å². The Morgan fingerprint density at radius 1 is 1.24 bits per heavy atom. The molecule has 0 aliphatic heterocycles. The van der Waals surface area contributed by atoms with Gasteiger partial charge in [-0.25, -0.2) is 0 Å². The monoisotopic (exact) mass is 291 g/mol. The maximum atomic E-state index is 12.2. The predicted molar refractivity (Wildman–Crippen MR) is 89.8 cm³/mol. The van der Waals surface area contributed by atoms with Crippen molar-refractivity contribution >= 4 is 11.6 Å². The van der Waals surface area contributed by atoms with Crippen LogP contribution in [-0.2, 0) is 0 Å². The average Bonchev–Trinajstić information content (AvgIpc) is 2.51. The molecule has 0 spiro atoms. The van der Waals surface area contributed by atoms with Gasteiger partial charge in [0.25, 0.3) is 5.91 Å². The summed E-state index contributed by atoms with van der Waals surface area (Å²) in [6.07, 6.45) is 4.25. The third-order valence-electron chi connectivity index (χ3n) is 3.66. The van der Waals surface area contributed by atoms with Crippen LogP contribution in [0.1, 0.15) is 49.9 Å². The Hall–Kier alpha value is -1.55. The lowest BCUT2D eigenvalue weighted by molar-refractivity contribution is 0.0936. The van der Waals surface area contributed by atoms with E-state index in [4.69, 9.17) is 5.73 Å². The molecule has 0 radical (unpaired) electrons. The zero-order valence-electron chi connectivity index (χ0n) is 13.6. The molecule has 3 N–H and O–H groups in total. The third-order valence-corrected chi connectivity index (χ3v) is 3.66. The lowest BCUT2D eigenvalue weighted by atomic mass is 10.1. The molecule has 1 rings (SSSR count). The van der Waals surface area contributed by atoms with Crippen LogP contribution < -0.4 is 16.0 Å². The third kappa shape index (κ3) is 5.76. The van der Waals surface area contributed by atoms with Crippen LogP contribution in [0, 0.1) is 0 Å². The Bertz CT molecular complexity index is 417. The molecule has 1 amide bonds. The maximum absolute atomic E-state index is 12.2. The van der Waals surface area contributed by atoms with Crippen molar-refractivity contribution < 1.29 is 4.79 Å². The molecule has 118 valence electrons. The molecule has 1 aromatic rings. The number of anilines is 1. The Morgan fingerprint density at radius 2 is 1.90 bits per heavy atom. The fourth-order valence-corrected chi connectivity index (χ4v) is 2.30. The second-order valence-electron chi connectivity index (χ2n) is 5.52. The molecule has 4 heteroatoms. The fraction of sp³-hybridized carbons (Fsp3) is 0.588. The second kappa shape index (κ2) is 9.40. The van der Waals surface area contributed by atoms with Gasteiger partial charge in [-0.3, -0.25) is 4.79 Å². The van der Waals surface area contributed by atoms with Crippen LogP contribution in [0.15, 0.2) is 24.3 Å². The molecule has 0 fully saturated rings. The molecule has 4 nitrogen and oxygen atoms in total. The lowest BCUT2D eigenvalue weighted by Gasteiger charge is -2.19. The van der Waals surface area contributed by atoms with Crippen molar-refractivity contribution in [3.63, 3.8) is 0 Å². The number of hydrogen-bond donors (Lipinski definition) is 2. The van der Waals surface area contributed by atoms with Gasteiger partial charge in [0, 0.05) is 37.4 Å². The zero-order valence-corrected chi connectivity index (χ0v) is 13.6. The number of nitrogens with one attached hydrogen (secondary N) is 1. The summed E-state index contributed by atoms with van der Waals surface area (Å²) in [5.74, 6) is -0.0359. The van der Waals surface area contributed by atoms with Crippen LogP contribution >= 0.6 is 0 Å². The summed E-state index contributed by atoms with van der Waals surface area (Å²) in [6, 6.07) is 7.82. The molecule has 1 unspecified atom stereocenters. The predicted octanol–water partition coefficient (Wildman–Crippen LogP) is 2.78. The maximum Gasteiger partial charge on any atom is 0.251 e. The van der Waals surface area contributed by atoms with Gasteiger partial charge in [0.2, 0.25) is 0 Å². The molecule has 0 bridgehead atoms. The normalized spacial score (nSPS) is 12.0. The summed E-state index contributed by atoms with van der Waals surface area (Å²) >= 11 is 0. The number of carbonyl (C=O) groups excluding carboxylic acids is 1. The van der Waals surface area contributed by atoms with Crippen molar-refractivity contribution in [1.29, 1.82) is 0 Å². The summed E-state index contributed by atoms with van der Waals surface area (Å²) in [6.45, 7) is 5.80. The van der Waals surface area contributed by atoms with Crippen LogP contribution in [-0.4, -0.2) is 32.1 Å². The van der Waals surface area contributed by atoms with Gasteiger partial charge in [-0.05, 0) is 37.1 Å². The van der Waals surface area contributed by atoms with E-state index in [-0.39, 0.29) is 11.9 Å². The smallest absolute Gasteiger partial charge is 0.251 e. The molecule has 1 aromatic carbocycles. The standard InChI is InChI=1S/C17H29N3O/c1-4-6-7-15(13-18)19-17(21)14-8-10-16(11-9-14)20(3)12-5-2/h8-11,15H,4-7,12-13,18H2,1-3H3,(H,19,21). The first-order valence-electron chi connectivity index (χ1n) is 7.94. The number of nitrogens with zero attached hydrogens (tertiary/aromatic N) is 1. The van der Waals surface area contributed by atoms with Crippen LogP contribution in [0.2, 0.25) is 0 Å². The van der Waals surface area contributed by atoms with Crippen molar-refractivity contribution in [1.82, 2.24) is 5.32 Å². The second-order valence-corrected chi connectivity index (χ2v) is 5.52. The highest BCUT2D eigenvalue weighted by Crippen LogP contribution is 2.14. The van der Waals surface area contributed by atoms with Gasteiger partial charge in [0.15, 0.2) is 0 Å². The van der Waals surface area contributed by atoms with E-state index in [2.05, 4.69) is 31.1 Å². The number of nitrogens with two attached hydrogens (primary N) is 1. The Labute approximate surface area is 128 Å². The van der Waals surface area contributed by atoms with Gasteiger partial charge in [-0.2, -0.15) is 0 Å². The van der Waals surface area contributed by atoms with E-state index in [1.165, 1.54) is 0 Å². The molecule has 0 saturated carbocycles. The van der Waals surface area contributed by atoms with Gasteiger partial charge >= 0.3 is 0 Å². The summed E-state index contributed by atoms with van der Waals surface area (Å²) in [4.78, 5) is 14.4. The first-order chi connectivity index (χ1) is 10.1. The summed E-state index contributed by atoms with van der Waals surface area (Å²) in [7, 11) is 2.06. The minimum absolute atomic E-state index is 0.0359. The highest BCUT2D eigenvalue weighted by Gasteiger charge is 2.12. The van der Waals surface area contributed by atoms with E-state index < -0.39 is 0 Å². The van der Waals surface area contributed by atoms with Crippen LogP contribution in [0.4, 0.5) is 5.69 Å². The van der Waals surface area contributed by atoms with Gasteiger partial charge < -0.3 is 16.0 Å².